The SMILES string of the molecule is COC(=O)N[C@H](C(=O)N1CCC[C@H]1c1nc2ccc3cc(-c4nc5ccc6nc([C@@H]7CCCN7C(=O)[C@@H](NC(C)=O)C(C)C)[nH]c6c5s4)ncc3c2[nH]1)C(C)C. The fourth-order valence-corrected chi connectivity index (χ4v) is 9.19. The van der Waals surface area contributed by atoms with Gasteiger partial charge in [-0.2, -0.15) is 0 Å². The maximum Gasteiger partial charge on any atom is 0.407 e. The van der Waals surface area contributed by atoms with E-state index >= 15 is 0 Å². The molecule has 0 bridgehead atoms. The number of rotatable bonds is 9. The lowest BCUT2D eigenvalue weighted by molar-refractivity contribution is -0.138. The molecule has 0 saturated carbocycles. The lowest BCUT2D eigenvalue weighted by Gasteiger charge is -2.30. The Labute approximate surface area is 327 Å². The number of benzene rings is 2. The molecule has 0 aliphatic carbocycles. The molecule has 2 aliphatic rings. The van der Waals surface area contributed by atoms with Gasteiger partial charge < -0.3 is 35.1 Å². The van der Waals surface area contributed by atoms with E-state index < -0.39 is 18.2 Å². The Kier molecular flexibility index (Phi) is 9.85. The zero-order valence-corrected chi connectivity index (χ0v) is 33.1. The summed E-state index contributed by atoms with van der Waals surface area (Å²) in [5.41, 5.74) is 4.86. The van der Waals surface area contributed by atoms with Gasteiger partial charge in [-0.3, -0.25) is 19.4 Å². The molecule has 0 spiro atoms. The molecule has 2 aliphatic heterocycles. The third-order valence-electron chi connectivity index (χ3n) is 11.0. The average molecular weight is 779 g/mol. The molecule has 0 radical (unpaired) electrons. The molecule has 4 atom stereocenters. The van der Waals surface area contributed by atoms with Crippen molar-refractivity contribution in [3.05, 3.63) is 48.2 Å². The number of hydrogen-bond acceptors (Lipinski definition) is 10. The second-order valence-corrected chi connectivity index (χ2v) is 16.5. The molecule has 4 amide bonds. The van der Waals surface area contributed by atoms with Crippen LogP contribution in [0, 0.1) is 11.8 Å². The van der Waals surface area contributed by atoms with Crippen LogP contribution in [-0.4, -0.2) is 95.8 Å². The maximum atomic E-state index is 13.7. The number of carbonyl (C=O) groups is 4. The minimum atomic E-state index is -0.710. The third-order valence-corrected chi connectivity index (χ3v) is 12.1. The number of carbonyl (C=O) groups excluding carboxylic acids is 4. The van der Waals surface area contributed by atoms with Gasteiger partial charge in [0, 0.05) is 31.6 Å². The van der Waals surface area contributed by atoms with Gasteiger partial charge in [-0.05, 0) is 67.2 Å². The highest BCUT2D eigenvalue weighted by atomic mass is 32.1. The summed E-state index contributed by atoms with van der Waals surface area (Å²) in [6.45, 7) is 10.3. The highest BCUT2D eigenvalue weighted by molar-refractivity contribution is 7.22. The van der Waals surface area contributed by atoms with Gasteiger partial charge in [0.25, 0.3) is 0 Å². The molecule has 2 aromatic carbocycles. The summed E-state index contributed by atoms with van der Waals surface area (Å²) in [7, 11) is 1.29. The second kappa shape index (κ2) is 14.8. The Balaban J connectivity index is 1.07. The van der Waals surface area contributed by atoms with E-state index in [1.54, 1.807) is 0 Å². The number of ether oxygens (including phenoxy) is 1. The molecule has 56 heavy (non-hydrogen) atoms. The Morgan fingerprint density at radius 3 is 1.98 bits per heavy atom. The number of aromatic amines is 2. The first-order chi connectivity index (χ1) is 26.9. The molecule has 6 heterocycles. The van der Waals surface area contributed by atoms with Gasteiger partial charge in [0.1, 0.15) is 28.7 Å². The van der Waals surface area contributed by atoms with Crippen LogP contribution in [0.1, 0.15) is 84.0 Å². The van der Waals surface area contributed by atoms with Crippen molar-refractivity contribution >= 4 is 78.2 Å². The topological polar surface area (TPSA) is 191 Å². The molecule has 6 aromatic rings. The first-order valence-corrected chi connectivity index (χ1v) is 20.0. The quantitative estimate of drug-likeness (QED) is 0.134. The van der Waals surface area contributed by atoms with Gasteiger partial charge in [-0.1, -0.05) is 33.8 Å². The Bertz CT molecular complexity index is 2500. The summed E-state index contributed by atoms with van der Waals surface area (Å²) in [5.74, 6) is 0.795. The number of hydrogen-bond donors (Lipinski definition) is 4. The standard InChI is InChI=1S/C40H46N10O5S/c1-19(2)30(42-21(5)51)38(52)49-15-8-10-29(49)36-44-25-13-14-26-34(33(25)47-36)56-37(45-26)27-17-22-11-12-24-32(23(22)18-41-27)46-35(43-24)28-9-7-16-50(28)39(53)31(20(3)4)48-40(54)55-6/h11-14,17-20,28-31H,7-10,15-16H2,1-6H3,(H,42,51)(H,43,46)(H,44,47)(H,48,54)/t28-,29-,30-,31-/m0/s1. The molecule has 4 aromatic heterocycles. The van der Waals surface area contributed by atoms with Gasteiger partial charge in [0.2, 0.25) is 17.7 Å². The summed E-state index contributed by atoms with van der Waals surface area (Å²) in [6, 6.07) is 8.18. The zero-order chi connectivity index (χ0) is 39.4. The van der Waals surface area contributed by atoms with Crippen LogP contribution in [0.25, 0.3) is 53.8 Å². The van der Waals surface area contributed by atoms with Crippen LogP contribution >= 0.6 is 11.3 Å². The highest BCUT2D eigenvalue weighted by Gasteiger charge is 2.39. The number of methoxy groups -OCH3 is 1. The molecule has 0 unspecified atom stereocenters. The summed E-state index contributed by atoms with van der Waals surface area (Å²) >= 11 is 1.54. The molecular weight excluding hydrogens is 733 g/mol. The average Bonchev–Trinajstić information content (AvgIpc) is 4.02. The van der Waals surface area contributed by atoms with E-state index in [0.717, 1.165) is 85.3 Å². The molecule has 8 rings (SSSR count). The molecule has 15 nitrogen and oxygen atoms in total. The van der Waals surface area contributed by atoms with Crippen molar-refractivity contribution in [2.45, 2.75) is 84.5 Å². The van der Waals surface area contributed by atoms with E-state index in [2.05, 4.69) is 20.6 Å². The minimum absolute atomic E-state index is 0.0488. The van der Waals surface area contributed by atoms with Crippen molar-refractivity contribution < 1.29 is 23.9 Å². The van der Waals surface area contributed by atoms with Crippen LogP contribution < -0.4 is 10.6 Å². The van der Waals surface area contributed by atoms with E-state index in [9.17, 15) is 19.2 Å². The van der Waals surface area contributed by atoms with Crippen molar-refractivity contribution in [1.82, 2.24) is 50.3 Å². The van der Waals surface area contributed by atoms with Gasteiger partial charge in [-0.25, -0.2) is 19.7 Å². The molecular formula is C40H46N10O5S. The van der Waals surface area contributed by atoms with E-state index in [1.807, 2.05) is 74.0 Å². The van der Waals surface area contributed by atoms with Crippen LogP contribution in [0.5, 0.6) is 0 Å². The molecule has 16 heteroatoms. The van der Waals surface area contributed by atoms with E-state index in [0.29, 0.717) is 18.9 Å². The predicted octanol–water partition coefficient (Wildman–Crippen LogP) is 6.13. The Morgan fingerprint density at radius 1 is 0.804 bits per heavy atom. The van der Waals surface area contributed by atoms with E-state index in [4.69, 9.17) is 24.7 Å². The lowest BCUT2D eigenvalue weighted by Crippen LogP contribution is -2.51. The van der Waals surface area contributed by atoms with Gasteiger partial charge in [-0.15, -0.1) is 11.3 Å². The Morgan fingerprint density at radius 2 is 1.38 bits per heavy atom. The zero-order valence-electron chi connectivity index (χ0n) is 32.3. The largest absolute Gasteiger partial charge is 0.453 e. The number of aromatic nitrogens is 6. The van der Waals surface area contributed by atoms with Crippen molar-refractivity contribution in [2.24, 2.45) is 11.8 Å². The number of likely N-dealkylation sites (tertiary alicyclic amines) is 2. The van der Waals surface area contributed by atoms with Crippen LogP contribution in [0.3, 0.4) is 0 Å². The minimum Gasteiger partial charge on any atom is -0.453 e. The molecule has 292 valence electrons. The number of amides is 4. The van der Waals surface area contributed by atoms with Crippen molar-refractivity contribution in [3.8, 4) is 10.7 Å². The number of thiazole rings is 1. The summed E-state index contributed by atoms with van der Waals surface area (Å²) in [5, 5.41) is 8.19. The van der Waals surface area contributed by atoms with Crippen LogP contribution in [0.15, 0.2) is 36.5 Å². The van der Waals surface area contributed by atoms with Crippen molar-refractivity contribution in [1.29, 1.82) is 0 Å². The molecule has 2 fully saturated rings. The number of nitrogens with one attached hydrogen (secondary N) is 4. The first kappa shape index (κ1) is 37.3. The van der Waals surface area contributed by atoms with E-state index in [1.165, 1.54) is 25.4 Å². The maximum absolute atomic E-state index is 13.7. The predicted molar refractivity (Wildman–Crippen MR) is 214 cm³/mol. The summed E-state index contributed by atoms with van der Waals surface area (Å²) in [6.07, 6.45) is 4.43. The van der Waals surface area contributed by atoms with Gasteiger partial charge in [0.15, 0.2) is 0 Å². The Hall–Kier alpha value is -5.64. The van der Waals surface area contributed by atoms with Gasteiger partial charge >= 0.3 is 6.09 Å². The number of H-pyrrole nitrogens is 2. The van der Waals surface area contributed by atoms with Crippen LogP contribution in [-0.2, 0) is 19.1 Å². The monoisotopic (exact) mass is 778 g/mol. The third kappa shape index (κ3) is 6.69. The summed E-state index contributed by atoms with van der Waals surface area (Å²) < 4.78 is 5.74. The van der Waals surface area contributed by atoms with Crippen LogP contribution in [0.2, 0.25) is 0 Å². The fraction of sp³-hybridized carbons (Fsp3) is 0.450. The second-order valence-electron chi connectivity index (χ2n) is 15.5. The lowest BCUT2D eigenvalue weighted by atomic mass is 10.0. The summed E-state index contributed by atoms with van der Waals surface area (Å²) in [4.78, 5) is 81.7. The number of alkyl carbamates (subject to hydrolysis) is 1. The fourth-order valence-electron chi connectivity index (χ4n) is 8.16. The number of fused-ring (bicyclic) bond motifs is 6. The van der Waals surface area contributed by atoms with Gasteiger partial charge in [0.05, 0.1) is 57.2 Å². The van der Waals surface area contributed by atoms with Crippen LogP contribution in [0.4, 0.5) is 4.79 Å². The first-order valence-electron chi connectivity index (χ1n) is 19.2. The van der Waals surface area contributed by atoms with E-state index in [-0.39, 0.29) is 41.6 Å². The molecule has 4 N–H and O–H groups in total. The smallest absolute Gasteiger partial charge is 0.407 e. The number of pyridine rings is 1. The number of imidazole rings is 2. The highest BCUT2D eigenvalue weighted by Crippen LogP contribution is 2.39. The number of nitrogens with zero attached hydrogens (tertiary/aromatic N) is 6. The van der Waals surface area contributed by atoms with Crippen molar-refractivity contribution in [3.63, 3.8) is 0 Å². The normalized spacial score (nSPS) is 18.5. The molecule has 2 saturated heterocycles. The van der Waals surface area contributed by atoms with Crippen molar-refractivity contribution in [2.75, 3.05) is 20.2 Å².